The number of rotatable bonds is 8. The summed E-state index contributed by atoms with van der Waals surface area (Å²) in [5.74, 6) is -1.76. The van der Waals surface area contributed by atoms with Crippen LogP contribution in [0.15, 0.2) is 59.1 Å². The summed E-state index contributed by atoms with van der Waals surface area (Å²) in [5, 5.41) is 7.38. The summed E-state index contributed by atoms with van der Waals surface area (Å²) in [6.07, 6.45) is 0.977. The molecule has 0 aromatic heterocycles. The van der Waals surface area contributed by atoms with Crippen LogP contribution in [-0.2, 0) is 30.8 Å². The zero-order valence-electron chi connectivity index (χ0n) is 23.0. The average molecular weight is 668 g/mol. The molecule has 3 aromatic carbocycles. The molecule has 10 nitrogen and oxygen atoms in total. The standard InChI is InChI=1S/C28H31BrN4O6S.ClH/c1-17(30-2)27(35)31-22-15-32(26(34)16-40(4,37)38)23-10-5-6-11-24(23)33(28(22)36)14-20-18-8-7-9-21(29)19(18)12-13-25(20)39-3;/h5-13,17,22,30H,14-16H2,1-4H3,(H,31,35);1H. The lowest BCUT2D eigenvalue weighted by molar-refractivity contribution is -0.128. The second kappa shape index (κ2) is 13.2. The number of carbonyl (C=O) groups is 3. The van der Waals surface area contributed by atoms with Gasteiger partial charge in [0.2, 0.25) is 11.8 Å². The molecule has 220 valence electrons. The van der Waals surface area contributed by atoms with E-state index in [0.717, 1.165) is 27.1 Å². The lowest BCUT2D eigenvalue weighted by atomic mass is 10.0. The van der Waals surface area contributed by atoms with Crippen LogP contribution in [0.1, 0.15) is 12.5 Å². The van der Waals surface area contributed by atoms with E-state index in [4.69, 9.17) is 4.74 Å². The molecule has 41 heavy (non-hydrogen) atoms. The maximum atomic E-state index is 14.2. The Bertz CT molecular complexity index is 1590. The Labute approximate surface area is 253 Å². The Kier molecular flexibility index (Phi) is 10.4. The van der Waals surface area contributed by atoms with Gasteiger partial charge in [-0.15, -0.1) is 12.4 Å². The lowest BCUT2D eigenvalue weighted by Crippen LogP contribution is -2.56. The van der Waals surface area contributed by atoms with Gasteiger partial charge in [0.1, 0.15) is 17.5 Å². The Morgan fingerprint density at radius 1 is 1.07 bits per heavy atom. The number of anilines is 2. The van der Waals surface area contributed by atoms with Crippen molar-refractivity contribution in [2.24, 2.45) is 0 Å². The SMILES string of the molecule is CNC(C)C(=O)NC1CN(C(=O)CS(C)(=O)=O)c2ccccc2N(Cc2c(OC)ccc3c(Br)cccc23)C1=O.Cl. The fourth-order valence-corrected chi connectivity index (χ4v) is 5.80. The highest BCUT2D eigenvalue weighted by Gasteiger charge is 2.38. The number of hydrogen-bond donors (Lipinski definition) is 2. The molecule has 2 atom stereocenters. The minimum Gasteiger partial charge on any atom is -0.496 e. The number of fused-ring (bicyclic) bond motifs is 2. The lowest BCUT2D eigenvalue weighted by Gasteiger charge is -2.27. The zero-order valence-corrected chi connectivity index (χ0v) is 26.2. The molecule has 2 unspecified atom stereocenters. The number of benzene rings is 3. The number of methoxy groups -OCH3 is 1. The van der Waals surface area contributed by atoms with Gasteiger partial charge < -0.3 is 25.2 Å². The van der Waals surface area contributed by atoms with Gasteiger partial charge in [0.05, 0.1) is 37.6 Å². The first-order chi connectivity index (χ1) is 18.9. The third kappa shape index (κ3) is 7.00. The molecule has 3 aromatic rings. The van der Waals surface area contributed by atoms with Crippen LogP contribution in [0.5, 0.6) is 5.75 Å². The Hall–Kier alpha value is -3.19. The first-order valence-corrected chi connectivity index (χ1v) is 15.4. The van der Waals surface area contributed by atoms with Gasteiger partial charge >= 0.3 is 0 Å². The van der Waals surface area contributed by atoms with Gasteiger partial charge in [-0.2, -0.15) is 0 Å². The number of sulfone groups is 1. The molecule has 0 radical (unpaired) electrons. The molecular formula is C28H32BrClN4O6S. The predicted molar refractivity (Wildman–Crippen MR) is 166 cm³/mol. The van der Waals surface area contributed by atoms with E-state index in [1.165, 1.54) is 9.80 Å². The van der Waals surface area contributed by atoms with E-state index in [9.17, 15) is 22.8 Å². The summed E-state index contributed by atoms with van der Waals surface area (Å²) in [6.45, 7) is 1.48. The van der Waals surface area contributed by atoms with Gasteiger partial charge in [-0.25, -0.2) is 8.42 Å². The molecule has 1 aliphatic heterocycles. The van der Waals surface area contributed by atoms with Gasteiger partial charge in [-0.1, -0.05) is 40.2 Å². The van der Waals surface area contributed by atoms with Crippen LogP contribution in [0.3, 0.4) is 0 Å². The van der Waals surface area contributed by atoms with E-state index in [1.807, 2.05) is 30.3 Å². The van der Waals surface area contributed by atoms with Crippen molar-refractivity contribution in [3.8, 4) is 5.75 Å². The Balaban J connectivity index is 0.00000462. The summed E-state index contributed by atoms with van der Waals surface area (Å²) >= 11 is 3.59. The highest BCUT2D eigenvalue weighted by atomic mass is 79.9. The van der Waals surface area contributed by atoms with Crippen molar-refractivity contribution >= 4 is 78.0 Å². The van der Waals surface area contributed by atoms with E-state index in [-0.39, 0.29) is 25.5 Å². The number of carbonyl (C=O) groups excluding carboxylic acids is 3. The van der Waals surface area contributed by atoms with Crippen molar-refractivity contribution in [1.29, 1.82) is 0 Å². The highest BCUT2D eigenvalue weighted by molar-refractivity contribution is 9.10. The molecule has 2 N–H and O–H groups in total. The molecule has 3 amide bonds. The fourth-order valence-electron chi connectivity index (χ4n) is 4.70. The normalized spacial score (nSPS) is 15.9. The zero-order chi connectivity index (χ0) is 29.2. The maximum absolute atomic E-state index is 14.2. The number of amides is 3. The summed E-state index contributed by atoms with van der Waals surface area (Å²) < 4.78 is 30.6. The van der Waals surface area contributed by atoms with Crippen LogP contribution in [0.2, 0.25) is 0 Å². The van der Waals surface area contributed by atoms with Crippen molar-refractivity contribution < 1.29 is 27.5 Å². The first-order valence-electron chi connectivity index (χ1n) is 12.6. The van der Waals surface area contributed by atoms with Gasteiger partial charge in [-0.05, 0) is 55.1 Å². The molecule has 0 bridgehead atoms. The smallest absolute Gasteiger partial charge is 0.251 e. The van der Waals surface area contributed by atoms with Gasteiger partial charge in [0, 0.05) is 16.3 Å². The molecule has 0 aliphatic carbocycles. The van der Waals surface area contributed by atoms with Crippen molar-refractivity contribution in [1.82, 2.24) is 10.6 Å². The number of nitrogens with one attached hydrogen (secondary N) is 2. The van der Waals surface area contributed by atoms with Crippen molar-refractivity contribution in [3.63, 3.8) is 0 Å². The largest absolute Gasteiger partial charge is 0.496 e. The second-order valence-corrected chi connectivity index (χ2v) is 12.6. The summed E-state index contributed by atoms with van der Waals surface area (Å²) in [5.41, 5.74) is 1.50. The van der Waals surface area contributed by atoms with Crippen LogP contribution in [0.25, 0.3) is 10.8 Å². The Morgan fingerprint density at radius 3 is 2.39 bits per heavy atom. The van der Waals surface area contributed by atoms with Gasteiger partial charge in [0.15, 0.2) is 9.84 Å². The fraction of sp³-hybridized carbons (Fsp3) is 0.321. The van der Waals surface area contributed by atoms with E-state index >= 15 is 0 Å². The molecular weight excluding hydrogens is 636 g/mol. The molecule has 0 saturated carbocycles. The molecule has 13 heteroatoms. The van der Waals surface area contributed by atoms with Crippen molar-refractivity contribution in [2.75, 3.05) is 42.5 Å². The van der Waals surface area contributed by atoms with Crippen molar-refractivity contribution in [2.45, 2.75) is 25.6 Å². The molecule has 1 aliphatic rings. The van der Waals surface area contributed by atoms with Gasteiger partial charge in [0.25, 0.3) is 5.91 Å². The van der Waals surface area contributed by atoms with Crippen LogP contribution < -0.4 is 25.2 Å². The Morgan fingerprint density at radius 2 is 1.76 bits per heavy atom. The summed E-state index contributed by atoms with van der Waals surface area (Å²) in [4.78, 5) is 43.2. The van der Waals surface area contributed by atoms with E-state index < -0.39 is 45.4 Å². The van der Waals surface area contributed by atoms with Crippen LogP contribution in [-0.4, -0.2) is 70.9 Å². The quantitative estimate of drug-likeness (QED) is 0.379. The van der Waals surface area contributed by atoms with E-state index in [2.05, 4.69) is 26.6 Å². The third-order valence-corrected chi connectivity index (χ3v) is 8.30. The number of likely N-dealkylation sites (N-methyl/N-ethyl adjacent to an activating group) is 1. The number of halogens is 2. The molecule has 1 heterocycles. The number of ether oxygens (including phenoxy) is 1. The van der Waals surface area contributed by atoms with Crippen LogP contribution in [0.4, 0.5) is 11.4 Å². The number of para-hydroxylation sites is 2. The molecule has 0 saturated heterocycles. The number of hydrogen-bond acceptors (Lipinski definition) is 7. The van der Waals surface area contributed by atoms with Crippen LogP contribution in [0, 0.1) is 0 Å². The molecule has 0 spiro atoms. The first kappa shape index (κ1) is 32.3. The second-order valence-electron chi connectivity index (χ2n) is 9.64. The average Bonchev–Trinajstić information content (AvgIpc) is 3.02. The topological polar surface area (TPSA) is 125 Å². The highest BCUT2D eigenvalue weighted by Crippen LogP contribution is 2.38. The molecule has 4 rings (SSSR count). The summed E-state index contributed by atoms with van der Waals surface area (Å²) in [7, 11) is -0.497. The maximum Gasteiger partial charge on any atom is 0.251 e. The molecule has 0 fully saturated rings. The minimum absolute atomic E-state index is 0. The predicted octanol–water partition coefficient (Wildman–Crippen LogP) is 3.05. The van der Waals surface area contributed by atoms with Gasteiger partial charge in [-0.3, -0.25) is 14.4 Å². The van der Waals surface area contributed by atoms with E-state index in [0.29, 0.717) is 17.1 Å². The van der Waals surface area contributed by atoms with E-state index in [1.54, 1.807) is 45.3 Å². The third-order valence-electron chi connectivity index (χ3n) is 6.84. The van der Waals surface area contributed by atoms with Crippen LogP contribution >= 0.6 is 28.3 Å². The monoisotopic (exact) mass is 666 g/mol. The summed E-state index contributed by atoms with van der Waals surface area (Å²) in [6, 6.07) is 14.5. The number of nitrogens with zero attached hydrogens (tertiary/aromatic N) is 2. The van der Waals surface area contributed by atoms with Crippen molar-refractivity contribution in [3.05, 3.63) is 64.6 Å². The minimum atomic E-state index is -3.67.